The van der Waals surface area contributed by atoms with Crippen LogP contribution in [0.5, 0.6) is 0 Å². The van der Waals surface area contributed by atoms with Gasteiger partial charge >= 0.3 is 5.97 Å². The Hall–Kier alpha value is -2.17. The van der Waals surface area contributed by atoms with Crippen LogP contribution in [0.1, 0.15) is 17.0 Å². The largest absolute Gasteiger partial charge is 0.480 e. The Morgan fingerprint density at radius 3 is 2.17 bits per heavy atom. The zero-order valence-electron chi connectivity index (χ0n) is 13.1. The Morgan fingerprint density at radius 1 is 1.09 bits per heavy atom. The minimum Gasteiger partial charge on any atom is -0.480 e. The summed E-state index contributed by atoms with van der Waals surface area (Å²) < 4.78 is 0. The normalized spacial score (nSPS) is 18.9. The van der Waals surface area contributed by atoms with Gasteiger partial charge in [0.1, 0.15) is 6.04 Å². The highest BCUT2D eigenvalue weighted by atomic mass is 16.4. The van der Waals surface area contributed by atoms with Crippen LogP contribution in [-0.2, 0) is 4.79 Å². The molecule has 1 unspecified atom stereocenters. The predicted molar refractivity (Wildman–Crippen MR) is 90.6 cm³/mol. The fourth-order valence-electron chi connectivity index (χ4n) is 3.17. The van der Waals surface area contributed by atoms with E-state index in [9.17, 15) is 9.90 Å². The predicted octanol–water partition coefficient (Wildman–Crippen LogP) is 2.18. The summed E-state index contributed by atoms with van der Waals surface area (Å²) in [7, 11) is 0. The number of piperazine rings is 1. The number of carboxylic acids is 1. The lowest BCUT2D eigenvalue weighted by Crippen LogP contribution is -2.54. The molecule has 0 spiro atoms. The van der Waals surface area contributed by atoms with Crippen LogP contribution in [0.3, 0.4) is 0 Å². The Labute approximate surface area is 136 Å². The number of benzene rings is 2. The molecule has 1 aliphatic rings. The number of hydrogen-bond donors (Lipinski definition) is 2. The van der Waals surface area contributed by atoms with Crippen LogP contribution < -0.4 is 5.32 Å². The molecule has 1 aliphatic heterocycles. The molecule has 4 heteroatoms. The number of hydrogen-bond acceptors (Lipinski definition) is 3. The monoisotopic (exact) mass is 310 g/mol. The van der Waals surface area contributed by atoms with E-state index in [2.05, 4.69) is 58.7 Å². The maximum absolute atomic E-state index is 11.2. The highest BCUT2D eigenvalue weighted by Crippen LogP contribution is 2.26. The lowest BCUT2D eigenvalue weighted by atomic mass is 9.90. The van der Waals surface area contributed by atoms with Crippen molar-refractivity contribution in [2.24, 2.45) is 0 Å². The van der Waals surface area contributed by atoms with E-state index < -0.39 is 12.0 Å². The minimum absolute atomic E-state index is 0.255. The molecule has 0 radical (unpaired) electrons. The molecule has 0 saturated carbocycles. The third kappa shape index (κ3) is 3.97. The molecule has 1 heterocycles. The first-order valence-electron chi connectivity index (χ1n) is 8.02. The van der Waals surface area contributed by atoms with Crippen LogP contribution in [-0.4, -0.2) is 48.2 Å². The van der Waals surface area contributed by atoms with E-state index in [-0.39, 0.29) is 5.92 Å². The zero-order chi connectivity index (χ0) is 16.1. The smallest absolute Gasteiger partial charge is 0.322 e. The fourth-order valence-corrected chi connectivity index (χ4v) is 3.17. The van der Waals surface area contributed by atoms with Crippen molar-refractivity contribution >= 4 is 5.97 Å². The molecular weight excluding hydrogens is 288 g/mol. The molecule has 2 N–H and O–H groups in total. The van der Waals surface area contributed by atoms with Crippen LogP contribution in [0.4, 0.5) is 0 Å². The number of aliphatic carboxylic acids is 1. The summed E-state index contributed by atoms with van der Waals surface area (Å²) in [6.07, 6.45) is 0. The molecule has 23 heavy (non-hydrogen) atoms. The lowest BCUT2D eigenvalue weighted by Gasteiger charge is -2.34. The standard InChI is InChI=1S/C19H22N2O2/c22-19(23)18-14-21(12-11-20-18)13-17(15-7-3-1-4-8-15)16-9-5-2-6-10-16/h1-10,17-18,20H,11-14H2,(H,22,23). The average Bonchev–Trinajstić information content (AvgIpc) is 2.61. The number of nitrogens with zero attached hydrogens (tertiary/aromatic N) is 1. The summed E-state index contributed by atoms with van der Waals surface area (Å²) in [6.45, 7) is 2.97. The summed E-state index contributed by atoms with van der Waals surface area (Å²) in [5.74, 6) is -0.518. The van der Waals surface area contributed by atoms with Gasteiger partial charge in [0.2, 0.25) is 0 Å². The van der Waals surface area contributed by atoms with E-state index in [4.69, 9.17) is 0 Å². The van der Waals surface area contributed by atoms with Crippen molar-refractivity contribution in [3.05, 3.63) is 71.8 Å². The first kappa shape index (κ1) is 15.7. The highest BCUT2D eigenvalue weighted by molar-refractivity contribution is 5.73. The van der Waals surface area contributed by atoms with Gasteiger partial charge in [-0.1, -0.05) is 60.7 Å². The third-order valence-electron chi connectivity index (χ3n) is 4.40. The summed E-state index contributed by atoms with van der Waals surface area (Å²) in [5.41, 5.74) is 2.54. The summed E-state index contributed by atoms with van der Waals surface area (Å²) in [4.78, 5) is 13.5. The van der Waals surface area contributed by atoms with Gasteiger partial charge in [-0.2, -0.15) is 0 Å². The van der Waals surface area contributed by atoms with E-state index >= 15 is 0 Å². The van der Waals surface area contributed by atoms with Gasteiger partial charge in [0.25, 0.3) is 0 Å². The molecule has 2 aromatic rings. The summed E-state index contributed by atoms with van der Waals surface area (Å²) >= 11 is 0. The summed E-state index contributed by atoms with van der Waals surface area (Å²) in [6, 6.07) is 20.4. The molecule has 0 bridgehead atoms. The molecule has 1 saturated heterocycles. The van der Waals surface area contributed by atoms with E-state index in [1.165, 1.54) is 11.1 Å². The van der Waals surface area contributed by atoms with Gasteiger partial charge in [-0.3, -0.25) is 9.69 Å². The number of nitrogens with one attached hydrogen (secondary N) is 1. The molecule has 0 aliphatic carbocycles. The van der Waals surface area contributed by atoms with Crippen molar-refractivity contribution in [1.82, 2.24) is 10.2 Å². The Bertz CT molecular complexity index is 591. The zero-order valence-corrected chi connectivity index (χ0v) is 13.1. The molecule has 1 fully saturated rings. The minimum atomic E-state index is -0.773. The van der Waals surface area contributed by atoms with Crippen LogP contribution in [0.2, 0.25) is 0 Å². The molecule has 0 amide bonds. The van der Waals surface area contributed by atoms with Gasteiger partial charge in [-0.15, -0.1) is 0 Å². The van der Waals surface area contributed by atoms with Crippen molar-refractivity contribution in [2.45, 2.75) is 12.0 Å². The van der Waals surface area contributed by atoms with Crippen LogP contribution in [0.25, 0.3) is 0 Å². The van der Waals surface area contributed by atoms with Crippen molar-refractivity contribution in [1.29, 1.82) is 0 Å². The number of carboxylic acid groups (broad SMARTS) is 1. The third-order valence-corrected chi connectivity index (χ3v) is 4.40. The van der Waals surface area contributed by atoms with Crippen molar-refractivity contribution in [2.75, 3.05) is 26.2 Å². The molecule has 0 aromatic heterocycles. The SMILES string of the molecule is O=C(O)C1CN(CC(c2ccccc2)c2ccccc2)CCN1. The highest BCUT2D eigenvalue weighted by Gasteiger charge is 2.27. The van der Waals surface area contributed by atoms with E-state index in [1.807, 2.05) is 12.1 Å². The second-order valence-electron chi connectivity index (χ2n) is 5.98. The molecule has 1 atom stereocenters. The molecule has 3 rings (SSSR count). The first-order chi connectivity index (χ1) is 11.2. The van der Waals surface area contributed by atoms with Gasteiger partial charge in [0, 0.05) is 32.1 Å². The average molecular weight is 310 g/mol. The maximum Gasteiger partial charge on any atom is 0.322 e. The van der Waals surface area contributed by atoms with Gasteiger partial charge in [-0.25, -0.2) is 0 Å². The van der Waals surface area contributed by atoms with Gasteiger partial charge in [0.15, 0.2) is 0 Å². The summed E-state index contributed by atoms with van der Waals surface area (Å²) in [5, 5.41) is 12.3. The van der Waals surface area contributed by atoms with Crippen molar-refractivity contribution < 1.29 is 9.90 Å². The van der Waals surface area contributed by atoms with Crippen LogP contribution in [0, 0.1) is 0 Å². The number of rotatable bonds is 5. The van der Waals surface area contributed by atoms with E-state index in [1.54, 1.807) is 0 Å². The second kappa shape index (κ2) is 7.40. The Morgan fingerprint density at radius 2 is 1.65 bits per heavy atom. The van der Waals surface area contributed by atoms with Crippen molar-refractivity contribution in [3.63, 3.8) is 0 Å². The molecule has 2 aromatic carbocycles. The second-order valence-corrected chi connectivity index (χ2v) is 5.98. The van der Waals surface area contributed by atoms with E-state index in [0.29, 0.717) is 13.1 Å². The molecular formula is C19H22N2O2. The van der Waals surface area contributed by atoms with Gasteiger partial charge < -0.3 is 10.4 Å². The first-order valence-corrected chi connectivity index (χ1v) is 8.02. The van der Waals surface area contributed by atoms with Crippen molar-refractivity contribution in [3.8, 4) is 0 Å². The van der Waals surface area contributed by atoms with Gasteiger partial charge in [0.05, 0.1) is 0 Å². The van der Waals surface area contributed by atoms with Crippen LogP contribution >= 0.6 is 0 Å². The van der Waals surface area contributed by atoms with E-state index in [0.717, 1.165) is 13.1 Å². The Balaban J connectivity index is 1.81. The quantitative estimate of drug-likeness (QED) is 0.889. The molecule has 4 nitrogen and oxygen atoms in total. The maximum atomic E-state index is 11.2. The topological polar surface area (TPSA) is 52.6 Å². The Kier molecular flexibility index (Phi) is 5.05. The molecule has 120 valence electrons. The van der Waals surface area contributed by atoms with Crippen LogP contribution in [0.15, 0.2) is 60.7 Å². The van der Waals surface area contributed by atoms with Gasteiger partial charge in [-0.05, 0) is 11.1 Å². The number of carbonyl (C=O) groups is 1. The lowest BCUT2D eigenvalue weighted by molar-refractivity contribution is -0.140. The fraction of sp³-hybridized carbons (Fsp3) is 0.316.